The number of amides is 1. The van der Waals surface area contributed by atoms with Gasteiger partial charge in [0.15, 0.2) is 0 Å². The number of fused-ring (bicyclic) bond motifs is 4. The SMILES string of the molecule is C=CC[C@]1(OC)/C=C/C[C@H](C)[C@@H](C)S(=O)(=O)NC(=O)c2ccc3c(c2)N(C[C@@H]2CC[C@H]21)C[C@@]1(CCCc2cc(Cl)ccc21)CO3. The highest BCUT2D eigenvalue weighted by atomic mass is 35.5. The molecule has 7 nitrogen and oxygen atoms in total. The third-order valence-electron chi connectivity index (χ3n) is 11.1. The van der Waals surface area contributed by atoms with Crippen LogP contribution in [0.1, 0.15) is 73.9 Å². The zero-order valence-electron chi connectivity index (χ0n) is 26.6. The van der Waals surface area contributed by atoms with Crippen LogP contribution in [-0.4, -0.2) is 52.0 Å². The van der Waals surface area contributed by atoms with E-state index >= 15 is 0 Å². The Hall–Kier alpha value is -2.81. The third-order valence-corrected chi connectivity index (χ3v) is 13.2. The molecule has 2 aliphatic carbocycles. The number of carbonyl (C=O) groups excluding carboxylic acids is 1. The molecule has 4 aliphatic rings. The van der Waals surface area contributed by atoms with Gasteiger partial charge in [0, 0.05) is 36.2 Å². The van der Waals surface area contributed by atoms with Crippen LogP contribution in [0.3, 0.4) is 0 Å². The van der Waals surface area contributed by atoms with Crippen molar-refractivity contribution >= 4 is 33.2 Å². The molecule has 1 N–H and O–H groups in total. The molecule has 0 saturated heterocycles. The largest absolute Gasteiger partial charge is 0.490 e. The molecule has 6 atom stereocenters. The van der Waals surface area contributed by atoms with Gasteiger partial charge in [0.05, 0.1) is 23.1 Å². The van der Waals surface area contributed by atoms with Gasteiger partial charge in [-0.3, -0.25) is 4.79 Å². The lowest BCUT2D eigenvalue weighted by Crippen LogP contribution is -2.53. The Morgan fingerprint density at radius 1 is 1.20 bits per heavy atom. The van der Waals surface area contributed by atoms with Gasteiger partial charge >= 0.3 is 0 Å². The first-order valence-electron chi connectivity index (χ1n) is 16.2. The van der Waals surface area contributed by atoms with E-state index in [4.69, 9.17) is 21.1 Å². The standard InChI is InChI=1S/C36H45ClN2O5S/c1-5-16-36(43-4)18-6-8-24(2)25(3)45(41,42)38-34(40)27-11-15-33-32(20-27)39(21-28-10-13-31(28)36)22-35(23-44-33)17-7-9-26-19-29(37)12-14-30(26)35/h5-6,11-12,14-15,18-20,24-25,28,31H,1,7-10,13,16-17,21-23H2,2-4H3,(H,38,40)/b18-6+/t24-,25+,28-,31+,35-,36-/m0/s1. The predicted octanol–water partition coefficient (Wildman–Crippen LogP) is 6.84. The first kappa shape index (κ1) is 32.1. The first-order chi connectivity index (χ1) is 21.5. The number of nitrogens with zero attached hydrogens (tertiary/aromatic N) is 1. The highest BCUT2D eigenvalue weighted by Crippen LogP contribution is 2.50. The van der Waals surface area contributed by atoms with E-state index in [0.29, 0.717) is 43.2 Å². The van der Waals surface area contributed by atoms with Crippen molar-refractivity contribution in [3.05, 3.63) is 82.9 Å². The fourth-order valence-electron chi connectivity index (χ4n) is 8.10. The number of halogens is 1. The summed E-state index contributed by atoms with van der Waals surface area (Å²) in [5.74, 6) is 0.467. The van der Waals surface area contributed by atoms with Gasteiger partial charge in [-0.25, -0.2) is 13.1 Å². The lowest BCUT2D eigenvalue weighted by atomic mass is 9.63. The average Bonchev–Trinajstić information content (AvgIpc) is 3.15. The summed E-state index contributed by atoms with van der Waals surface area (Å²) in [5, 5.41) is -0.0290. The molecule has 45 heavy (non-hydrogen) atoms. The summed E-state index contributed by atoms with van der Waals surface area (Å²) in [6.45, 7) is 9.61. The van der Waals surface area contributed by atoms with Crippen LogP contribution < -0.4 is 14.4 Å². The monoisotopic (exact) mass is 652 g/mol. The molecule has 6 rings (SSSR count). The second-order valence-electron chi connectivity index (χ2n) is 13.7. The topological polar surface area (TPSA) is 84.9 Å². The van der Waals surface area contributed by atoms with E-state index in [9.17, 15) is 13.2 Å². The second kappa shape index (κ2) is 12.4. The number of ether oxygens (including phenoxy) is 2. The van der Waals surface area contributed by atoms with E-state index in [1.54, 1.807) is 20.1 Å². The highest BCUT2D eigenvalue weighted by molar-refractivity contribution is 7.90. The van der Waals surface area contributed by atoms with Crippen LogP contribution in [-0.2, 0) is 26.6 Å². The van der Waals surface area contributed by atoms with Gasteiger partial charge < -0.3 is 14.4 Å². The van der Waals surface area contributed by atoms with Crippen LogP contribution >= 0.6 is 11.6 Å². The zero-order chi connectivity index (χ0) is 32.0. The van der Waals surface area contributed by atoms with E-state index in [-0.39, 0.29) is 17.3 Å². The molecule has 242 valence electrons. The fourth-order valence-corrected chi connectivity index (χ4v) is 9.58. The summed E-state index contributed by atoms with van der Waals surface area (Å²) >= 11 is 6.43. The Morgan fingerprint density at radius 2 is 2.02 bits per heavy atom. The Balaban J connectivity index is 1.46. The molecule has 1 spiro atoms. The van der Waals surface area contributed by atoms with E-state index in [1.807, 2.05) is 31.2 Å². The summed E-state index contributed by atoms with van der Waals surface area (Å²) < 4.78 is 42.0. The van der Waals surface area contributed by atoms with Gasteiger partial charge in [0.1, 0.15) is 5.75 Å². The summed E-state index contributed by atoms with van der Waals surface area (Å²) in [4.78, 5) is 15.9. The van der Waals surface area contributed by atoms with Gasteiger partial charge in [-0.1, -0.05) is 42.8 Å². The number of hydrogen-bond acceptors (Lipinski definition) is 6. The first-order valence-corrected chi connectivity index (χ1v) is 18.1. The number of benzene rings is 2. The molecule has 0 aromatic heterocycles. The molecule has 2 bridgehead atoms. The number of rotatable bonds is 3. The third kappa shape index (κ3) is 5.94. The van der Waals surface area contributed by atoms with Gasteiger partial charge in [-0.15, -0.1) is 6.58 Å². The number of anilines is 1. The molecule has 2 aromatic rings. The molecule has 2 heterocycles. The number of sulfonamides is 1. The highest BCUT2D eigenvalue weighted by Gasteiger charge is 2.48. The van der Waals surface area contributed by atoms with Gasteiger partial charge in [0.2, 0.25) is 10.0 Å². The molecule has 2 aromatic carbocycles. The molecular weight excluding hydrogens is 608 g/mol. The average molecular weight is 653 g/mol. The molecule has 9 heteroatoms. The number of aryl methyl sites for hydroxylation is 1. The predicted molar refractivity (Wildman–Crippen MR) is 180 cm³/mol. The number of carbonyl (C=O) groups is 1. The summed E-state index contributed by atoms with van der Waals surface area (Å²) in [7, 11) is -2.15. The number of nitrogens with one attached hydrogen (secondary N) is 1. The van der Waals surface area contributed by atoms with Crippen LogP contribution in [0.5, 0.6) is 5.75 Å². The minimum Gasteiger partial charge on any atom is -0.490 e. The number of methoxy groups -OCH3 is 1. The number of hydrogen-bond donors (Lipinski definition) is 1. The Kier molecular flexibility index (Phi) is 8.87. The molecule has 0 unspecified atom stereocenters. The van der Waals surface area contributed by atoms with E-state index in [1.165, 1.54) is 11.1 Å². The minimum atomic E-state index is -3.93. The molecule has 1 fully saturated rings. The van der Waals surface area contributed by atoms with Crippen LogP contribution in [0.25, 0.3) is 0 Å². The van der Waals surface area contributed by atoms with Crippen molar-refractivity contribution in [3.8, 4) is 5.75 Å². The van der Waals surface area contributed by atoms with Gasteiger partial charge in [0.25, 0.3) is 5.91 Å². The van der Waals surface area contributed by atoms with Crippen molar-refractivity contribution in [2.24, 2.45) is 17.8 Å². The maximum absolute atomic E-state index is 13.5. The lowest BCUT2D eigenvalue weighted by Gasteiger charge is -2.50. The van der Waals surface area contributed by atoms with Crippen molar-refractivity contribution < 1.29 is 22.7 Å². The molecule has 0 radical (unpaired) electrons. The Labute approximate surface area is 273 Å². The minimum absolute atomic E-state index is 0.213. The normalized spacial score (nSPS) is 33.4. The summed E-state index contributed by atoms with van der Waals surface area (Å²) in [6.07, 6.45) is 12.4. The molecule has 2 aliphatic heterocycles. The second-order valence-corrected chi connectivity index (χ2v) is 16.2. The van der Waals surface area contributed by atoms with Crippen molar-refractivity contribution in [2.45, 2.75) is 75.1 Å². The maximum atomic E-state index is 13.5. The summed E-state index contributed by atoms with van der Waals surface area (Å²) in [6, 6.07) is 11.5. The zero-order valence-corrected chi connectivity index (χ0v) is 28.1. The smallest absolute Gasteiger partial charge is 0.264 e. The molecule has 1 amide bonds. The lowest BCUT2D eigenvalue weighted by molar-refractivity contribution is -0.0728. The maximum Gasteiger partial charge on any atom is 0.264 e. The van der Waals surface area contributed by atoms with Crippen LogP contribution in [0, 0.1) is 17.8 Å². The fraction of sp³-hybridized carbons (Fsp3) is 0.528. The quantitative estimate of drug-likeness (QED) is 0.366. The Morgan fingerprint density at radius 3 is 2.76 bits per heavy atom. The van der Waals surface area contributed by atoms with E-state index in [0.717, 1.165) is 49.4 Å². The van der Waals surface area contributed by atoms with Crippen LogP contribution in [0.2, 0.25) is 5.02 Å². The van der Waals surface area contributed by atoms with Crippen molar-refractivity contribution in [3.63, 3.8) is 0 Å². The van der Waals surface area contributed by atoms with Crippen LogP contribution in [0.4, 0.5) is 5.69 Å². The van der Waals surface area contributed by atoms with E-state index < -0.39 is 26.8 Å². The van der Waals surface area contributed by atoms with Gasteiger partial charge in [-0.05, 0) is 111 Å². The van der Waals surface area contributed by atoms with Crippen molar-refractivity contribution in [2.75, 3.05) is 31.7 Å². The van der Waals surface area contributed by atoms with Gasteiger partial charge in [-0.2, -0.15) is 0 Å². The van der Waals surface area contributed by atoms with E-state index in [2.05, 4.69) is 40.5 Å². The summed E-state index contributed by atoms with van der Waals surface area (Å²) in [5.41, 5.74) is 2.87. The molecular formula is C36H45ClN2O5S. The molecule has 1 saturated carbocycles. The number of allylic oxidation sites excluding steroid dienone is 1. The van der Waals surface area contributed by atoms with Crippen molar-refractivity contribution in [1.82, 2.24) is 4.72 Å². The van der Waals surface area contributed by atoms with Crippen LogP contribution in [0.15, 0.2) is 61.2 Å². The van der Waals surface area contributed by atoms with Crippen molar-refractivity contribution in [1.29, 1.82) is 0 Å². The Bertz CT molecular complexity index is 1610.